The van der Waals surface area contributed by atoms with Crippen LogP contribution >= 0.6 is 0 Å². The fourth-order valence-electron chi connectivity index (χ4n) is 3.04. The van der Waals surface area contributed by atoms with Crippen molar-refractivity contribution in [3.05, 3.63) is 41.4 Å². The van der Waals surface area contributed by atoms with Gasteiger partial charge in [0.15, 0.2) is 5.76 Å². The Morgan fingerprint density at radius 1 is 1.35 bits per heavy atom. The lowest BCUT2D eigenvalue weighted by Gasteiger charge is -2.32. The van der Waals surface area contributed by atoms with Gasteiger partial charge in [-0.3, -0.25) is 9.78 Å². The third-order valence-corrected chi connectivity index (χ3v) is 4.20. The summed E-state index contributed by atoms with van der Waals surface area (Å²) >= 11 is 0. The Kier molecular flexibility index (Phi) is 5.36. The monoisotopic (exact) mass is 318 g/mol. The number of nitrogens with zero attached hydrogens (tertiary/aromatic N) is 2. The smallest absolute Gasteiger partial charge is 0.326 e. The lowest BCUT2D eigenvalue weighted by atomic mass is 9.96. The number of unbranched alkanes of at least 4 members (excludes halogenated alkanes) is 1. The molecule has 2 heterocycles. The number of aliphatic hydroxyl groups excluding tert-OH is 1. The van der Waals surface area contributed by atoms with Crippen molar-refractivity contribution < 1.29 is 19.8 Å². The number of hydrogen-bond acceptors (Lipinski definition) is 4. The number of aliphatic carboxylic acids is 1. The Balaban J connectivity index is 2.47. The predicted octanol–water partition coefficient (Wildman–Crippen LogP) is 2.83. The van der Waals surface area contributed by atoms with E-state index in [4.69, 9.17) is 0 Å². The van der Waals surface area contributed by atoms with Crippen LogP contribution in [0.15, 0.2) is 35.9 Å². The first-order valence-corrected chi connectivity index (χ1v) is 7.90. The molecule has 2 N–H and O–H groups in total. The maximum atomic E-state index is 12.5. The van der Waals surface area contributed by atoms with Crippen LogP contribution in [0.25, 0.3) is 0 Å². The molecule has 6 heteroatoms. The molecule has 0 fully saturated rings. The summed E-state index contributed by atoms with van der Waals surface area (Å²) in [5.74, 6) is -1.97. The SMILES string of the molecule is CCCCC(C(=O)O)N1C(=O)C(O)=C(CC)C1c1ccncc1. The van der Waals surface area contributed by atoms with E-state index < -0.39 is 24.0 Å². The Hall–Kier alpha value is -2.37. The van der Waals surface area contributed by atoms with E-state index in [2.05, 4.69) is 4.98 Å². The summed E-state index contributed by atoms with van der Waals surface area (Å²) in [5.41, 5.74) is 1.32. The number of carbonyl (C=O) groups excluding carboxylic acids is 1. The third kappa shape index (κ3) is 3.21. The molecule has 124 valence electrons. The van der Waals surface area contributed by atoms with Gasteiger partial charge in [0.1, 0.15) is 6.04 Å². The first-order valence-electron chi connectivity index (χ1n) is 7.90. The fraction of sp³-hybridized carbons (Fsp3) is 0.471. The molecule has 2 atom stereocenters. The van der Waals surface area contributed by atoms with Crippen LogP contribution in [0.5, 0.6) is 0 Å². The highest BCUT2D eigenvalue weighted by Crippen LogP contribution is 2.40. The zero-order valence-electron chi connectivity index (χ0n) is 13.4. The van der Waals surface area contributed by atoms with Gasteiger partial charge >= 0.3 is 5.97 Å². The zero-order chi connectivity index (χ0) is 17.0. The molecule has 0 bridgehead atoms. The molecule has 1 amide bonds. The summed E-state index contributed by atoms with van der Waals surface area (Å²) in [7, 11) is 0. The van der Waals surface area contributed by atoms with E-state index in [0.29, 0.717) is 24.8 Å². The van der Waals surface area contributed by atoms with Gasteiger partial charge in [0.25, 0.3) is 5.91 Å². The molecule has 2 rings (SSSR count). The maximum absolute atomic E-state index is 12.5. The minimum Gasteiger partial charge on any atom is -0.503 e. The van der Waals surface area contributed by atoms with Crippen molar-refractivity contribution in [2.75, 3.05) is 0 Å². The third-order valence-electron chi connectivity index (χ3n) is 4.20. The van der Waals surface area contributed by atoms with Crippen LogP contribution < -0.4 is 0 Å². The average Bonchev–Trinajstić information content (AvgIpc) is 2.80. The number of hydrogen-bond donors (Lipinski definition) is 2. The van der Waals surface area contributed by atoms with Gasteiger partial charge < -0.3 is 15.1 Å². The van der Waals surface area contributed by atoms with Crippen molar-refractivity contribution in [3.8, 4) is 0 Å². The van der Waals surface area contributed by atoms with Crippen molar-refractivity contribution in [1.82, 2.24) is 9.88 Å². The van der Waals surface area contributed by atoms with Crippen molar-refractivity contribution in [3.63, 3.8) is 0 Å². The Morgan fingerprint density at radius 2 is 2.00 bits per heavy atom. The maximum Gasteiger partial charge on any atom is 0.326 e. The van der Waals surface area contributed by atoms with Gasteiger partial charge in [-0.25, -0.2) is 4.79 Å². The highest BCUT2D eigenvalue weighted by atomic mass is 16.4. The summed E-state index contributed by atoms with van der Waals surface area (Å²) < 4.78 is 0. The fourth-order valence-corrected chi connectivity index (χ4v) is 3.04. The summed E-state index contributed by atoms with van der Waals surface area (Å²) in [4.78, 5) is 29.5. The standard InChI is InChI=1S/C17H22N2O4/c1-3-5-6-13(17(22)23)19-14(11-7-9-18-10-8-11)12(4-2)15(20)16(19)21/h7-10,13-14,20H,3-6H2,1-2H3,(H,22,23). The molecule has 0 saturated heterocycles. The van der Waals surface area contributed by atoms with Crippen LogP contribution in [-0.2, 0) is 9.59 Å². The minimum absolute atomic E-state index is 0.322. The van der Waals surface area contributed by atoms with Gasteiger partial charge in [0.05, 0.1) is 6.04 Å². The molecular weight excluding hydrogens is 296 g/mol. The molecule has 0 spiro atoms. The van der Waals surface area contributed by atoms with E-state index in [9.17, 15) is 19.8 Å². The van der Waals surface area contributed by atoms with E-state index in [1.54, 1.807) is 24.5 Å². The first kappa shape index (κ1) is 17.0. The molecule has 1 aromatic rings. The number of carbonyl (C=O) groups is 2. The van der Waals surface area contributed by atoms with Crippen molar-refractivity contribution in [2.45, 2.75) is 51.6 Å². The van der Waals surface area contributed by atoms with E-state index >= 15 is 0 Å². The number of aromatic nitrogens is 1. The van der Waals surface area contributed by atoms with Crippen LogP contribution in [0.1, 0.15) is 51.1 Å². The van der Waals surface area contributed by atoms with E-state index in [1.165, 1.54) is 4.90 Å². The summed E-state index contributed by atoms with van der Waals surface area (Å²) in [6, 6.07) is 2.00. The van der Waals surface area contributed by atoms with Crippen LogP contribution in [0.4, 0.5) is 0 Å². The largest absolute Gasteiger partial charge is 0.503 e. The molecule has 23 heavy (non-hydrogen) atoms. The first-order chi connectivity index (χ1) is 11.0. The predicted molar refractivity (Wildman–Crippen MR) is 84.7 cm³/mol. The van der Waals surface area contributed by atoms with E-state index in [0.717, 1.165) is 12.0 Å². The van der Waals surface area contributed by atoms with Crippen molar-refractivity contribution in [2.24, 2.45) is 0 Å². The lowest BCUT2D eigenvalue weighted by molar-refractivity contribution is -0.150. The van der Waals surface area contributed by atoms with Gasteiger partial charge in [0.2, 0.25) is 0 Å². The summed E-state index contributed by atoms with van der Waals surface area (Å²) in [6.07, 6.45) is 5.58. The zero-order valence-corrected chi connectivity index (χ0v) is 13.4. The van der Waals surface area contributed by atoms with E-state index in [-0.39, 0.29) is 5.76 Å². The number of pyridine rings is 1. The van der Waals surface area contributed by atoms with Crippen molar-refractivity contribution >= 4 is 11.9 Å². The van der Waals surface area contributed by atoms with E-state index in [1.807, 2.05) is 13.8 Å². The normalized spacial score (nSPS) is 19.3. The molecule has 2 unspecified atom stereocenters. The van der Waals surface area contributed by atoms with Crippen molar-refractivity contribution in [1.29, 1.82) is 0 Å². The second kappa shape index (κ2) is 7.26. The molecule has 0 saturated carbocycles. The molecule has 0 aliphatic carbocycles. The van der Waals surface area contributed by atoms with Gasteiger partial charge in [-0.15, -0.1) is 0 Å². The minimum atomic E-state index is -1.05. The average molecular weight is 318 g/mol. The Morgan fingerprint density at radius 3 is 2.52 bits per heavy atom. The van der Waals surface area contributed by atoms with Crippen LogP contribution in [-0.4, -0.2) is 38.0 Å². The van der Waals surface area contributed by atoms with Gasteiger partial charge in [-0.2, -0.15) is 0 Å². The summed E-state index contributed by atoms with van der Waals surface area (Å²) in [6.45, 7) is 3.82. The number of amides is 1. The van der Waals surface area contributed by atoms with Gasteiger partial charge in [-0.1, -0.05) is 26.7 Å². The van der Waals surface area contributed by atoms with Crippen LogP contribution in [0.2, 0.25) is 0 Å². The molecular formula is C17H22N2O4. The lowest BCUT2D eigenvalue weighted by Crippen LogP contribution is -2.44. The quantitative estimate of drug-likeness (QED) is 0.806. The van der Waals surface area contributed by atoms with Crippen LogP contribution in [0.3, 0.4) is 0 Å². The highest BCUT2D eigenvalue weighted by molar-refractivity contribution is 5.98. The second-order valence-corrected chi connectivity index (χ2v) is 5.62. The molecule has 0 radical (unpaired) electrons. The Labute approximate surface area is 135 Å². The molecule has 0 aromatic carbocycles. The highest BCUT2D eigenvalue weighted by Gasteiger charge is 2.45. The molecule has 1 aromatic heterocycles. The van der Waals surface area contributed by atoms with Crippen LogP contribution in [0, 0.1) is 0 Å². The molecule has 6 nitrogen and oxygen atoms in total. The number of carboxylic acids is 1. The number of aliphatic hydroxyl groups is 1. The topological polar surface area (TPSA) is 90.7 Å². The summed E-state index contributed by atoms with van der Waals surface area (Å²) in [5, 5.41) is 19.8. The second-order valence-electron chi connectivity index (χ2n) is 5.62. The Bertz CT molecular complexity index is 612. The van der Waals surface area contributed by atoms with Gasteiger partial charge in [-0.05, 0) is 30.5 Å². The molecule has 1 aliphatic heterocycles. The number of rotatable bonds is 7. The molecule has 1 aliphatic rings. The van der Waals surface area contributed by atoms with Gasteiger partial charge in [0, 0.05) is 18.0 Å². The number of carboxylic acid groups (broad SMARTS) is 1.